The van der Waals surface area contributed by atoms with Crippen LogP contribution in [0.4, 0.5) is 0 Å². The Morgan fingerprint density at radius 1 is 0.422 bits per heavy atom. The van der Waals surface area contributed by atoms with E-state index in [2.05, 4.69) is 76.2 Å². The molecule has 0 atom stereocenters. The number of hydrogen-bond acceptors (Lipinski definition) is 3. The standard InChI is InChI=1S/C42H56O2S/c1-5-7-9-11-13-15-17-19-25-43-33-27-31(3)35-21-23-37-38-24-22-36-32(4)28-34(44-26-20-18-16-14-12-10-8-6-2)30-40(36)42(38)45-41(37)39(35)29-33/h21-24,27-30H,5-20,25-26H2,1-4H3. The van der Waals surface area contributed by atoms with Crippen LogP contribution >= 0.6 is 11.3 Å². The molecule has 0 amide bonds. The van der Waals surface area contributed by atoms with E-state index in [0.717, 1.165) is 37.6 Å². The monoisotopic (exact) mass is 624 g/mol. The molecular weight excluding hydrogens is 569 g/mol. The summed E-state index contributed by atoms with van der Waals surface area (Å²) in [6.07, 6.45) is 21.1. The van der Waals surface area contributed by atoms with E-state index >= 15 is 0 Å². The molecule has 0 saturated carbocycles. The lowest BCUT2D eigenvalue weighted by Crippen LogP contribution is -1.98. The summed E-state index contributed by atoms with van der Waals surface area (Å²) in [5.74, 6) is 2.01. The van der Waals surface area contributed by atoms with Gasteiger partial charge >= 0.3 is 0 Å². The Hall–Kier alpha value is -2.78. The van der Waals surface area contributed by atoms with Crippen molar-refractivity contribution >= 4 is 53.1 Å². The molecule has 242 valence electrons. The molecular formula is C42H56O2S. The highest BCUT2D eigenvalue weighted by atomic mass is 32.1. The molecule has 0 aliphatic carbocycles. The lowest BCUT2D eigenvalue weighted by atomic mass is 9.99. The average molecular weight is 625 g/mol. The lowest BCUT2D eigenvalue weighted by molar-refractivity contribution is 0.304. The Labute approximate surface area is 276 Å². The second kappa shape index (κ2) is 17.2. The molecule has 1 aromatic heterocycles. The van der Waals surface area contributed by atoms with E-state index < -0.39 is 0 Å². The lowest BCUT2D eigenvalue weighted by Gasteiger charge is -2.11. The van der Waals surface area contributed by atoms with Crippen LogP contribution in [0.15, 0.2) is 48.5 Å². The zero-order valence-electron chi connectivity index (χ0n) is 28.6. The second-order valence-electron chi connectivity index (χ2n) is 13.3. The highest BCUT2D eigenvalue weighted by Crippen LogP contribution is 2.44. The maximum absolute atomic E-state index is 6.34. The van der Waals surface area contributed by atoms with Crippen LogP contribution in [0.3, 0.4) is 0 Å². The topological polar surface area (TPSA) is 18.5 Å². The molecule has 0 spiro atoms. The SMILES string of the molecule is CCCCCCCCCCOc1cc(C)c2ccc3c4ccc5c(C)cc(OCCCCCCCCCC)cc5c4sc3c2c1. The molecule has 0 radical (unpaired) electrons. The van der Waals surface area contributed by atoms with Crippen molar-refractivity contribution in [3.05, 3.63) is 59.7 Å². The van der Waals surface area contributed by atoms with E-state index in [0.29, 0.717) is 0 Å². The Morgan fingerprint density at radius 3 is 1.18 bits per heavy atom. The number of ether oxygens (including phenoxy) is 2. The number of hydrogen-bond donors (Lipinski definition) is 0. The molecule has 0 aliphatic rings. The highest BCUT2D eigenvalue weighted by molar-refractivity contribution is 7.27. The maximum Gasteiger partial charge on any atom is 0.120 e. The summed E-state index contributed by atoms with van der Waals surface area (Å²) in [6, 6.07) is 18.3. The first-order valence-electron chi connectivity index (χ1n) is 18.2. The average Bonchev–Trinajstić information content (AvgIpc) is 3.43. The van der Waals surface area contributed by atoms with Crippen molar-refractivity contribution in [2.75, 3.05) is 13.2 Å². The van der Waals surface area contributed by atoms with Gasteiger partial charge in [-0.2, -0.15) is 0 Å². The van der Waals surface area contributed by atoms with Crippen molar-refractivity contribution in [1.29, 1.82) is 0 Å². The van der Waals surface area contributed by atoms with Gasteiger partial charge in [-0.15, -0.1) is 11.3 Å². The first-order chi connectivity index (χ1) is 22.1. The van der Waals surface area contributed by atoms with Gasteiger partial charge in [-0.1, -0.05) is 128 Å². The largest absolute Gasteiger partial charge is 0.494 e. The van der Waals surface area contributed by atoms with Gasteiger partial charge in [0.05, 0.1) is 13.2 Å². The molecule has 5 rings (SSSR count). The number of rotatable bonds is 20. The van der Waals surface area contributed by atoms with Crippen LogP contribution in [-0.2, 0) is 0 Å². The zero-order chi connectivity index (χ0) is 31.4. The highest BCUT2D eigenvalue weighted by Gasteiger charge is 2.15. The Balaban J connectivity index is 1.30. The first-order valence-corrected chi connectivity index (χ1v) is 19.0. The maximum atomic E-state index is 6.34. The third kappa shape index (κ3) is 8.73. The molecule has 0 fully saturated rings. The molecule has 0 bridgehead atoms. The predicted octanol–water partition coefficient (Wildman–Crippen LogP) is 14.0. The van der Waals surface area contributed by atoms with Gasteiger partial charge in [0.25, 0.3) is 0 Å². The molecule has 1 heterocycles. The number of thiophene rings is 1. The summed E-state index contributed by atoms with van der Waals surface area (Å²) in [7, 11) is 0. The number of benzene rings is 4. The predicted molar refractivity (Wildman–Crippen MR) is 200 cm³/mol. The summed E-state index contributed by atoms with van der Waals surface area (Å²) >= 11 is 1.93. The van der Waals surface area contributed by atoms with Gasteiger partial charge < -0.3 is 9.47 Å². The minimum Gasteiger partial charge on any atom is -0.494 e. The van der Waals surface area contributed by atoms with Gasteiger partial charge in [-0.05, 0) is 72.9 Å². The van der Waals surface area contributed by atoms with Gasteiger partial charge in [0.1, 0.15) is 11.5 Å². The van der Waals surface area contributed by atoms with Crippen molar-refractivity contribution in [3.63, 3.8) is 0 Å². The van der Waals surface area contributed by atoms with Gasteiger partial charge in [-0.3, -0.25) is 0 Å². The quantitative estimate of drug-likeness (QED) is 0.0802. The van der Waals surface area contributed by atoms with Gasteiger partial charge in [-0.25, -0.2) is 0 Å². The molecule has 45 heavy (non-hydrogen) atoms. The molecule has 4 aromatic carbocycles. The Bertz CT molecular complexity index is 1540. The summed E-state index contributed by atoms with van der Waals surface area (Å²) in [4.78, 5) is 0. The summed E-state index contributed by atoms with van der Waals surface area (Å²) in [5, 5.41) is 7.95. The molecule has 0 N–H and O–H groups in total. The van der Waals surface area contributed by atoms with Crippen LogP contribution in [-0.4, -0.2) is 13.2 Å². The summed E-state index contributed by atoms with van der Waals surface area (Å²) < 4.78 is 15.4. The van der Waals surface area contributed by atoms with E-state index in [4.69, 9.17) is 9.47 Å². The van der Waals surface area contributed by atoms with Gasteiger partial charge in [0.2, 0.25) is 0 Å². The minimum absolute atomic E-state index is 0.800. The smallest absolute Gasteiger partial charge is 0.120 e. The van der Waals surface area contributed by atoms with Crippen LogP contribution in [0.5, 0.6) is 11.5 Å². The number of unbranched alkanes of at least 4 members (excludes halogenated alkanes) is 14. The number of aryl methyl sites for hydroxylation is 2. The van der Waals surface area contributed by atoms with Crippen molar-refractivity contribution < 1.29 is 9.47 Å². The van der Waals surface area contributed by atoms with E-state index in [-0.39, 0.29) is 0 Å². The molecule has 3 heteroatoms. The molecule has 5 aromatic rings. The van der Waals surface area contributed by atoms with Crippen LogP contribution in [0.2, 0.25) is 0 Å². The third-order valence-corrected chi connectivity index (χ3v) is 10.8. The van der Waals surface area contributed by atoms with Crippen LogP contribution in [0, 0.1) is 13.8 Å². The van der Waals surface area contributed by atoms with Crippen LogP contribution in [0.1, 0.15) is 128 Å². The van der Waals surface area contributed by atoms with Crippen molar-refractivity contribution in [1.82, 2.24) is 0 Å². The zero-order valence-corrected chi connectivity index (χ0v) is 29.4. The third-order valence-electron chi connectivity index (χ3n) is 9.56. The number of fused-ring (bicyclic) bond motifs is 7. The summed E-state index contributed by atoms with van der Waals surface area (Å²) in [6.45, 7) is 10.6. The molecule has 2 nitrogen and oxygen atoms in total. The van der Waals surface area contributed by atoms with Crippen molar-refractivity contribution in [2.45, 2.75) is 130 Å². The second-order valence-corrected chi connectivity index (χ2v) is 14.3. The van der Waals surface area contributed by atoms with Crippen molar-refractivity contribution in [3.8, 4) is 11.5 Å². The van der Waals surface area contributed by atoms with E-state index in [9.17, 15) is 0 Å². The van der Waals surface area contributed by atoms with E-state index in [1.165, 1.54) is 143 Å². The minimum atomic E-state index is 0.800. The first kappa shape index (κ1) is 33.6. The normalized spacial score (nSPS) is 11.8. The fraction of sp³-hybridized carbons (Fsp3) is 0.524. The fourth-order valence-corrected chi connectivity index (χ4v) is 8.23. The Kier molecular flexibility index (Phi) is 12.9. The molecule has 0 saturated heterocycles. The van der Waals surface area contributed by atoms with Crippen LogP contribution in [0.25, 0.3) is 41.7 Å². The molecule has 0 aliphatic heterocycles. The van der Waals surface area contributed by atoms with Crippen LogP contribution < -0.4 is 9.47 Å². The van der Waals surface area contributed by atoms with E-state index in [1.807, 2.05) is 11.3 Å². The van der Waals surface area contributed by atoms with Gasteiger partial charge in [0, 0.05) is 30.9 Å². The van der Waals surface area contributed by atoms with Gasteiger partial charge in [0.15, 0.2) is 0 Å². The Morgan fingerprint density at radius 2 is 0.778 bits per heavy atom. The fourth-order valence-electron chi connectivity index (χ4n) is 6.89. The molecule has 0 unspecified atom stereocenters. The van der Waals surface area contributed by atoms with Crippen molar-refractivity contribution in [2.24, 2.45) is 0 Å². The van der Waals surface area contributed by atoms with E-state index in [1.54, 1.807) is 0 Å². The summed E-state index contributed by atoms with van der Waals surface area (Å²) in [5.41, 5.74) is 2.57.